The number of nitrogens with two attached hydrogens (primary N) is 1. The molecule has 2 aromatic heterocycles. The van der Waals surface area contributed by atoms with Gasteiger partial charge in [0.05, 0.1) is 44.0 Å². The molecule has 0 aliphatic heterocycles. The fourth-order valence-electron chi connectivity index (χ4n) is 2.97. The van der Waals surface area contributed by atoms with Crippen molar-refractivity contribution in [1.29, 1.82) is 0 Å². The average Bonchev–Trinajstić information content (AvgIpc) is 2.75. The first-order valence-electron chi connectivity index (χ1n) is 10.2. The Balaban J connectivity index is 1.71. The van der Waals surface area contributed by atoms with Gasteiger partial charge in [-0.25, -0.2) is 28.5 Å². The number of aromatic nitrogens is 3. The second kappa shape index (κ2) is 10.4. The lowest BCUT2D eigenvalue weighted by molar-refractivity contribution is 0.0635. The number of carbonyl (C=O) groups excluding carboxylic acids is 1. The van der Waals surface area contributed by atoms with Crippen LogP contribution in [-0.2, 0) is 22.7 Å². The van der Waals surface area contributed by atoms with Gasteiger partial charge in [0.25, 0.3) is 0 Å². The van der Waals surface area contributed by atoms with E-state index in [1.54, 1.807) is 32.9 Å². The summed E-state index contributed by atoms with van der Waals surface area (Å²) in [5, 5.41) is 2.46. The topological polar surface area (TPSA) is 121 Å². The van der Waals surface area contributed by atoms with Crippen molar-refractivity contribution in [3.8, 4) is 17.1 Å². The lowest BCUT2D eigenvalue weighted by Gasteiger charge is -2.19. The molecule has 34 heavy (non-hydrogen) atoms. The van der Waals surface area contributed by atoms with Gasteiger partial charge in [-0.2, -0.15) is 0 Å². The monoisotopic (exact) mass is 473 g/mol. The summed E-state index contributed by atoms with van der Waals surface area (Å²) >= 11 is 0. The van der Waals surface area contributed by atoms with Gasteiger partial charge in [-0.15, -0.1) is 0 Å². The molecule has 9 nitrogen and oxygen atoms in total. The molecule has 1 amide bonds. The molecule has 2 heterocycles. The van der Waals surface area contributed by atoms with Crippen LogP contribution >= 0.6 is 0 Å². The number of hydrogen-bond acceptors (Lipinski definition) is 8. The second-order valence-corrected chi connectivity index (χ2v) is 8.24. The van der Waals surface area contributed by atoms with Gasteiger partial charge in [-0.3, -0.25) is 5.32 Å². The first kappa shape index (κ1) is 24.8. The number of amides is 1. The number of methoxy groups -OCH3 is 1. The number of hydrogen-bond donors (Lipinski definition) is 2. The molecule has 0 radical (unpaired) electrons. The Kier molecular flexibility index (Phi) is 7.57. The highest BCUT2D eigenvalue weighted by Gasteiger charge is 2.18. The van der Waals surface area contributed by atoms with Crippen LogP contribution in [-0.4, -0.2) is 33.8 Å². The fourth-order valence-corrected chi connectivity index (χ4v) is 2.97. The summed E-state index contributed by atoms with van der Waals surface area (Å²) in [5.74, 6) is -0.486. The predicted molar refractivity (Wildman–Crippen MR) is 121 cm³/mol. The van der Waals surface area contributed by atoms with Gasteiger partial charge >= 0.3 is 6.09 Å². The molecule has 11 heteroatoms. The number of ether oxygens (including phenoxy) is 3. The minimum absolute atomic E-state index is 0.00265. The Bertz CT molecular complexity index is 1170. The van der Waals surface area contributed by atoms with Gasteiger partial charge in [0.1, 0.15) is 22.9 Å². The number of benzene rings is 1. The van der Waals surface area contributed by atoms with Crippen molar-refractivity contribution in [3.05, 3.63) is 59.6 Å². The largest absolute Gasteiger partial charge is 0.494 e. The van der Waals surface area contributed by atoms with Gasteiger partial charge in [0, 0.05) is 0 Å². The number of anilines is 2. The molecule has 3 aromatic rings. The summed E-state index contributed by atoms with van der Waals surface area (Å²) in [7, 11) is 1.45. The molecule has 0 fully saturated rings. The molecule has 3 N–H and O–H groups in total. The highest BCUT2D eigenvalue weighted by Crippen LogP contribution is 2.34. The van der Waals surface area contributed by atoms with Crippen LogP contribution in [0.15, 0.2) is 36.7 Å². The maximum Gasteiger partial charge on any atom is 0.413 e. The van der Waals surface area contributed by atoms with E-state index in [4.69, 9.17) is 19.9 Å². The van der Waals surface area contributed by atoms with Crippen LogP contribution in [0.3, 0.4) is 0 Å². The number of nitrogen functional groups attached to an aromatic ring is 1. The third kappa shape index (κ3) is 6.58. The molecule has 0 atom stereocenters. The van der Waals surface area contributed by atoms with E-state index in [1.807, 2.05) is 0 Å². The van der Waals surface area contributed by atoms with Gasteiger partial charge in [0.15, 0.2) is 17.4 Å². The molecular weight excluding hydrogens is 448 g/mol. The van der Waals surface area contributed by atoms with E-state index >= 15 is 0 Å². The molecule has 3 rings (SSSR count). The van der Waals surface area contributed by atoms with Crippen molar-refractivity contribution in [2.75, 3.05) is 18.2 Å². The molecule has 0 bridgehead atoms. The van der Waals surface area contributed by atoms with E-state index in [0.717, 1.165) is 12.4 Å². The molecule has 1 aromatic carbocycles. The van der Waals surface area contributed by atoms with Crippen LogP contribution < -0.4 is 15.8 Å². The molecule has 0 aliphatic rings. The van der Waals surface area contributed by atoms with Crippen molar-refractivity contribution in [3.63, 3.8) is 0 Å². The van der Waals surface area contributed by atoms with Crippen molar-refractivity contribution >= 4 is 17.6 Å². The van der Waals surface area contributed by atoms with E-state index in [2.05, 4.69) is 20.3 Å². The fraction of sp³-hybridized carbons (Fsp3) is 0.304. The number of rotatable bonds is 7. The molecular formula is C23H25F2N5O4. The van der Waals surface area contributed by atoms with Crippen LogP contribution in [0.25, 0.3) is 11.4 Å². The van der Waals surface area contributed by atoms with Crippen LogP contribution in [0.2, 0.25) is 0 Å². The smallest absolute Gasteiger partial charge is 0.413 e. The minimum Gasteiger partial charge on any atom is -0.494 e. The molecule has 0 spiro atoms. The summed E-state index contributed by atoms with van der Waals surface area (Å²) in [6.45, 7) is 5.05. The van der Waals surface area contributed by atoms with Crippen LogP contribution in [0, 0.1) is 11.6 Å². The van der Waals surface area contributed by atoms with Crippen LogP contribution in [0.4, 0.5) is 25.1 Å². The average molecular weight is 473 g/mol. The lowest BCUT2D eigenvalue weighted by atomic mass is 10.1. The summed E-state index contributed by atoms with van der Waals surface area (Å²) in [6.07, 6.45) is 1.37. The number of nitrogens with zero attached hydrogens (tertiary/aromatic N) is 3. The zero-order valence-corrected chi connectivity index (χ0v) is 19.2. The van der Waals surface area contributed by atoms with Crippen molar-refractivity contribution < 1.29 is 27.8 Å². The first-order valence-corrected chi connectivity index (χ1v) is 10.2. The highest BCUT2D eigenvalue weighted by atomic mass is 19.1. The summed E-state index contributed by atoms with van der Waals surface area (Å²) in [4.78, 5) is 23.9. The predicted octanol–water partition coefficient (Wildman–Crippen LogP) is 4.47. The van der Waals surface area contributed by atoms with Gasteiger partial charge in [0.2, 0.25) is 0 Å². The lowest BCUT2D eigenvalue weighted by Crippen LogP contribution is -2.27. The number of halogens is 2. The maximum atomic E-state index is 14.2. The SMILES string of the molecule is COc1c(N)cc(COCc2nc(NC(=O)OC(C)(C)C)ccc2F)cc1-c1ncc(F)cn1. The maximum absolute atomic E-state index is 14.2. The Morgan fingerprint density at radius 1 is 1.12 bits per heavy atom. The molecule has 0 unspecified atom stereocenters. The van der Waals surface area contributed by atoms with E-state index in [9.17, 15) is 13.6 Å². The molecule has 0 saturated carbocycles. The molecule has 0 saturated heterocycles. The Labute approximate surface area is 195 Å². The highest BCUT2D eigenvalue weighted by molar-refractivity contribution is 5.83. The third-order valence-corrected chi connectivity index (χ3v) is 4.30. The Morgan fingerprint density at radius 2 is 1.82 bits per heavy atom. The van der Waals surface area contributed by atoms with E-state index in [-0.39, 0.29) is 30.5 Å². The van der Waals surface area contributed by atoms with E-state index in [1.165, 1.54) is 19.2 Å². The number of pyridine rings is 1. The quantitative estimate of drug-likeness (QED) is 0.482. The van der Waals surface area contributed by atoms with Gasteiger partial charge < -0.3 is 19.9 Å². The third-order valence-electron chi connectivity index (χ3n) is 4.30. The molecule has 180 valence electrons. The minimum atomic E-state index is -0.706. The normalized spacial score (nSPS) is 11.2. The van der Waals surface area contributed by atoms with E-state index in [0.29, 0.717) is 22.6 Å². The van der Waals surface area contributed by atoms with Crippen molar-refractivity contribution in [1.82, 2.24) is 15.0 Å². The van der Waals surface area contributed by atoms with E-state index < -0.39 is 23.3 Å². The zero-order valence-electron chi connectivity index (χ0n) is 19.2. The van der Waals surface area contributed by atoms with Crippen molar-refractivity contribution in [2.45, 2.75) is 39.6 Å². The Hall–Kier alpha value is -3.86. The summed E-state index contributed by atoms with van der Waals surface area (Å²) in [5.41, 5.74) is 6.78. The standard InChI is InChI=1S/C23H25F2N5O4/c1-23(2,3)34-22(31)30-19-6-5-16(25)18(29-19)12-33-11-13-7-15(20(32-4)17(26)8-13)21-27-9-14(24)10-28-21/h5-10H,11-12,26H2,1-4H3,(H,29,30,31). The van der Waals surface area contributed by atoms with Crippen LogP contribution in [0.1, 0.15) is 32.0 Å². The number of carbonyl (C=O) groups is 1. The first-order chi connectivity index (χ1) is 16.1. The summed E-state index contributed by atoms with van der Waals surface area (Å²) < 4.78 is 43.5. The van der Waals surface area contributed by atoms with Gasteiger partial charge in [-0.05, 0) is 50.6 Å². The molecule has 0 aliphatic carbocycles. The second-order valence-electron chi connectivity index (χ2n) is 8.24. The number of nitrogens with one attached hydrogen (secondary N) is 1. The van der Waals surface area contributed by atoms with Gasteiger partial charge in [-0.1, -0.05) is 0 Å². The Morgan fingerprint density at radius 3 is 2.47 bits per heavy atom. The zero-order chi connectivity index (χ0) is 24.9. The van der Waals surface area contributed by atoms with Crippen molar-refractivity contribution in [2.24, 2.45) is 0 Å². The summed E-state index contributed by atoms with van der Waals surface area (Å²) in [6, 6.07) is 5.82. The van der Waals surface area contributed by atoms with Crippen LogP contribution in [0.5, 0.6) is 5.75 Å².